The highest BCUT2D eigenvalue weighted by Gasteiger charge is 2.29. The van der Waals surface area contributed by atoms with Gasteiger partial charge < -0.3 is 9.47 Å². The number of ether oxygens (including phenoxy) is 2. The van der Waals surface area contributed by atoms with Crippen LogP contribution in [0.5, 0.6) is 0 Å². The first-order valence-electron chi connectivity index (χ1n) is 5.06. The first kappa shape index (κ1) is 16.2. The standard InChI is InChI=1S/C11H13F3O4/c1-17-9(15)6-4-2-3-5-7-10(16)18-8-11(12,13)14/h3,7H,2,4,6,8H2,1H3. The lowest BCUT2D eigenvalue weighted by molar-refractivity contribution is -0.182. The predicted molar refractivity (Wildman–Crippen MR) is 55.5 cm³/mol. The van der Waals surface area contributed by atoms with Gasteiger partial charge in [-0.3, -0.25) is 4.79 Å². The molecule has 0 aliphatic carbocycles. The Bertz CT molecular complexity index is 341. The van der Waals surface area contributed by atoms with Crippen LogP contribution in [0.25, 0.3) is 0 Å². The molecule has 18 heavy (non-hydrogen) atoms. The highest BCUT2D eigenvalue weighted by Crippen LogP contribution is 2.14. The molecule has 0 heterocycles. The van der Waals surface area contributed by atoms with Crippen molar-refractivity contribution in [1.29, 1.82) is 0 Å². The summed E-state index contributed by atoms with van der Waals surface area (Å²) < 4.78 is 43.2. The Kier molecular flexibility index (Phi) is 7.54. The van der Waals surface area contributed by atoms with Crippen LogP contribution in [0, 0.1) is 0 Å². The van der Waals surface area contributed by atoms with Crippen LogP contribution in [0.4, 0.5) is 13.2 Å². The van der Waals surface area contributed by atoms with Gasteiger partial charge in [0.25, 0.3) is 0 Å². The molecule has 0 aromatic rings. The van der Waals surface area contributed by atoms with E-state index < -0.39 is 18.8 Å². The summed E-state index contributed by atoms with van der Waals surface area (Å²) in [5, 5.41) is 0. The third kappa shape index (κ3) is 10.8. The van der Waals surface area contributed by atoms with Crippen molar-refractivity contribution in [3.63, 3.8) is 0 Å². The van der Waals surface area contributed by atoms with E-state index in [9.17, 15) is 22.8 Å². The maximum absolute atomic E-state index is 11.7. The second-order valence-corrected chi connectivity index (χ2v) is 3.21. The molecule has 0 aliphatic rings. The van der Waals surface area contributed by atoms with E-state index in [1.807, 2.05) is 0 Å². The van der Waals surface area contributed by atoms with E-state index in [1.165, 1.54) is 13.2 Å². The molecule has 0 N–H and O–H groups in total. The van der Waals surface area contributed by atoms with Crippen molar-refractivity contribution in [3.8, 4) is 0 Å². The second kappa shape index (κ2) is 8.36. The number of hydrogen-bond donors (Lipinski definition) is 0. The third-order valence-corrected chi connectivity index (χ3v) is 1.65. The first-order valence-corrected chi connectivity index (χ1v) is 5.06. The van der Waals surface area contributed by atoms with Crippen LogP contribution in [-0.4, -0.2) is 31.8 Å². The van der Waals surface area contributed by atoms with Crippen LogP contribution in [0.2, 0.25) is 0 Å². The summed E-state index contributed by atoms with van der Waals surface area (Å²) in [6, 6.07) is 0. The number of rotatable bonds is 6. The summed E-state index contributed by atoms with van der Waals surface area (Å²) in [5.41, 5.74) is 2.37. The van der Waals surface area contributed by atoms with Crippen LogP contribution in [0.15, 0.2) is 17.9 Å². The van der Waals surface area contributed by atoms with Crippen molar-refractivity contribution < 1.29 is 32.2 Å². The molecule has 7 heteroatoms. The maximum Gasteiger partial charge on any atom is 0.422 e. The van der Waals surface area contributed by atoms with Crippen molar-refractivity contribution >= 4 is 11.9 Å². The van der Waals surface area contributed by atoms with Gasteiger partial charge in [-0.1, -0.05) is 0 Å². The minimum Gasteiger partial charge on any atom is -0.469 e. The number of halogens is 3. The van der Waals surface area contributed by atoms with Crippen LogP contribution in [-0.2, 0) is 19.1 Å². The zero-order valence-electron chi connectivity index (χ0n) is 9.75. The van der Waals surface area contributed by atoms with Crippen LogP contribution in [0.1, 0.15) is 19.3 Å². The molecule has 102 valence electrons. The van der Waals surface area contributed by atoms with E-state index in [-0.39, 0.29) is 12.4 Å². The number of hydrogen-bond acceptors (Lipinski definition) is 4. The zero-order valence-corrected chi connectivity index (χ0v) is 9.75. The normalized spacial score (nSPS) is 10.2. The van der Waals surface area contributed by atoms with E-state index in [2.05, 4.69) is 15.2 Å². The maximum atomic E-state index is 11.7. The molecule has 0 saturated heterocycles. The lowest BCUT2D eigenvalue weighted by Gasteiger charge is -2.04. The van der Waals surface area contributed by atoms with Crippen LogP contribution < -0.4 is 0 Å². The number of esters is 2. The molecule has 0 bridgehead atoms. The molecular weight excluding hydrogens is 253 g/mol. The Morgan fingerprint density at radius 1 is 1.33 bits per heavy atom. The summed E-state index contributed by atoms with van der Waals surface area (Å²) in [5.74, 6) is -1.46. The summed E-state index contributed by atoms with van der Waals surface area (Å²) in [7, 11) is 1.27. The number of alkyl halides is 3. The van der Waals surface area contributed by atoms with Crippen molar-refractivity contribution in [1.82, 2.24) is 0 Å². The summed E-state index contributed by atoms with van der Waals surface area (Å²) in [6.45, 7) is -1.62. The average Bonchev–Trinajstić information content (AvgIpc) is 2.29. The molecule has 0 spiro atoms. The molecule has 0 amide bonds. The van der Waals surface area contributed by atoms with Crippen molar-refractivity contribution in [2.45, 2.75) is 25.4 Å². The van der Waals surface area contributed by atoms with Gasteiger partial charge in [-0.2, -0.15) is 13.2 Å². The van der Waals surface area contributed by atoms with Gasteiger partial charge in [0.1, 0.15) is 0 Å². The average molecular weight is 266 g/mol. The SMILES string of the molecule is COC(=O)CCCC=C=CC(=O)OCC(F)(F)F. The Balaban J connectivity index is 3.79. The summed E-state index contributed by atoms with van der Waals surface area (Å²) in [6.07, 6.45) is -1.15. The van der Waals surface area contributed by atoms with Crippen LogP contribution in [0.3, 0.4) is 0 Å². The predicted octanol–water partition coefficient (Wildman–Crippen LogP) is 2.15. The Labute approximate surface area is 102 Å². The second-order valence-electron chi connectivity index (χ2n) is 3.21. The first-order chi connectivity index (χ1) is 8.35. The monoisotopic (exact) mass is 266 g/mol. The highest BCUT2D eigenvalue weighted by molar-refractivity contribution is 5.81. The topological polar surface area (TPSA) is 52.6 Å². The minimum absolute atomic E-state index is 0.229. The summed E-state index contributed by atoms with van der Waals surface area (Å²) in [4.78, 5) is 21.4. The van der Waals surface area contributed by atoms with E-state index in [0.717, 1.165) is 6.08 Å². The van der Waals surface area contributed by atoms with Gasteiger partial charge in [0.15, 0.2) is 6.61 Å². The largest absolute Gasteiger partial charge is 0.469 e. The Morgan fingerprint density at radius 2 is 2.00 bits per heavy atom. The van der Waals surface area contributed by atoms with Crippen molar-refractivity contribution in [3.05, 3.63) is 17.9 Å². The molecule has 0 aromatic heterocycles. The molecule has 0 rings (SSSR count). The van der Waals surface area contributed by atoms with E-state index >= 15 is 0 Å². The van der Waals surface area contributed by atoms with Gasteiger partial charge in [-0.05, 0) is 18.9 Å². The van der Waals surface area contributed by atoms with Crippen molar-refractivity contribution in [2.75, 3.05) is 13.7 Å². The molecule has 0 radical (unpaired) electrons. The lowest BCUT2D eigenvalue weighted by atomic mass is 10.2. The zero-order chi connectivity index (χ0) is 14.0. The quantitative estimate of drug-likeness (QED) is 0.320. The van der Waals surface area contributed by atoms with Gasteiger partial charge >= 0.3 is 18.1 Å². The van der Waals surface area contributed by atoms with E-state index in [1.54, 1.807) is 0 Å². The molecule has 0 fully saturated rings. The number of unbranched alkanes of at least 4 members (excludes halogenated alkanes) is 1. The molecule has 0 saturated carbocycles. The van der Waals surface area contributed by atoms with Gasteiger partial charge in [0.05, 0.1) is 13.2 Å². The number of carbonyl (C=O) groups excluding carboxylic acids is 2. The summed E-state index contributed by atoms with van der Waals surface area (Å²) >= 11 is 0. The minimum atomic E-state index is -4.53. The van der Waals surface area contributed by atoms with E-state index in [4.69, 9.17) is 0 Å². The number of carbonyl (C=O) groups is 2. The molecule has 0 atom stereocenters. The smallest absolute Gasteiger partial charge is 0.422 e. The fourth-order valence-corrected chi connectivity index (χ4v) is 0.855. The highest BCUT2D eigenvalue weighted by atomic mass is 19.4. The fourth-order valence-electron chi connectivity index (χ4n) is 0.855. The number of methoxy groups -OCH3 is 1. The van der Waals surface area contributed by atoms with Gasteiger partial charge in [-0.25, -0.2) is 4.79 Å². The van der Waals surface area contributed by atoms with E-state index in [0.29, 0.717) is 12.8 Å². The third-order valence-electron chi connectivity index (χ3n) is 1.65. The van der Waals surface area contributed by atoms with Crippen LogP contribution >= 0.6 is 0 Å². The molecular formula is C11H13F3O4. The molecule has 0 aliphatic heterocycles. The van der Waals surface area contributed by atoms with Gasteiger partial charge in [0, 0.05) is 6.42 Å². The van der Waals surface area contributed by atoms with Gasteiger partial charge in [-0.15, -0.1) is 5.73 Å². The Morgan fingerprint density at radius 3 is 2.56 bits per heavy atom. The lowest BCUT2D eigenvalue weighted by Crippen LogP contribution is -2.19. The molecule has 0 aromatic carbocycles. The van der Waals surface area contributed by atoms with Crippen molar-refractivity contribution in [2.24, 2.45) is 0 Å². The molecule has 4 nitrogen and oxygen atoms in total. The Hall–Kier alpha value is -1.75. The fraction of sp³-hybridized carbons (Fsp3) is 0.545. The molecule has 0 unspecified atom stereocenters. The van der Waals surface area contributed by atoms with Gasteiger partial charge in [0.2, 0.25) is 0 Å².